The van der Waals surface area contributed by atoms with Gasteiger partial charge in [0, 0.05) is 6.07 Å². The van der Waals surface area contributed by atoms with Gasteiger partial charge in [0.2, 0.25) is 10.0 Å². The number of nitro groups is 1. The Kier molecular flexibility index (Phi) is 6.97. The van der Waals surface area contributed by atoms with Crippen LogP contribution in [0.4, 0.5) is 11.4 Å². The zero-order valence-electron chi connectivity index (χ0n) is 13.0. The number of hydrogen-bond acceptors (Lipinski definition) is 5. The minimum atomic E-state index is -3.52. The van der Waals surface area contributed by atoms with Crippen LogP contribution in [0.3, 0.4) is 0 Å². The average Bonchev–Trinajstić information content (AvgIpc) is 2.40. The van der Waals surface area contributed by atoms with Crippen molar-refractivity contribution in [1.82, 2.24) is 0 Å². The van der Waals surface area contributed by atoms with Crippen LogP contribution in [0.5, 0.6) is 11.5 Å². The molecule has 0 aliphatic heterocycles. The summed E-state index contributed by atoms with van der Waals surface area (Å²) in [4.78, 5) is 10.2. The molecular formula is C13H13KN2O5S. The first kappa shape index (κ1) is 19.1. The van der Waals surface area contributed by atoms with Crippen molar-refractivity contribution in [2.75, 3.05) is 11.0 Å². The molecule has 2 aromatic carbocycles. The van der Waals surface area contributed by atoms with E-state index < -0.39 is 14.9 Å². The van der Waals surface area contributed by atoms with Gasteiger partial charge in [-0.25, -0.2) is 8.42 Å². The molecule has 1 N–H and O–H groups in total. The van der Waals surface area contributed by atoms with Gasteiger partial charge < -0.3 is 6.16 Å². The predicted octanol–water partition coefficient (Wildman–Crippen LogP) is -0.125. The number of ether oxygens (including phenoxy) is 1. The number of non-ortho nitro benzene ring substituents is 1. The van der Waals surface area contributed by atoms with Crippen LogP contribution in [0, 0.1) is 10.1 Å². The zero-order chi connectivity index (χ0) is 15.5. The van der Waals surface area contributed by atoms with Gasteiger partial charge in [0.15, 0.2) is 5.75 Å². The van der Waals surface area contributed by atoms with Gasteiger partial charge in [0.05, 0.1) is 22.9 Å². The van der Waals surface area contributed by atoms with Crippen LogP contribution in [0.1, 0.15) is 1.43 Å². The van der Waals surface area contributed by atoms with E-state index in [0.29, 0.717) is 5.75 Å². The van der Waals surface area contributed by atoms with Crippen molar-refractivity contribution in [3.05, 3.63) is 58.6 Å². The fourth-order valence-corrected chi connectivity index (χ4v) is 2.18. The van der Waals surface area contributed by atoms with Crippen molar-refractivity contribution < 1.29 is 70.9 Å². The Hall–Kier alpha value is -0.974. The molecule has 0 aliphatic carbocycles. The van der Waals surface area contributed by atoms with Crippen LogP contribution in [0.15, 0.2) is 48.5 Å². The van der Waals surface area contributed by atoms with E-state index >= 15 is 0 Å². The Bertz CT molecular complexity index is 771. The summed E-state index contributed by atoms with van der Waals surface area (Å²) < 4.78 is 30.4. The third kappa shape index (κ3) is 5.67. The van der Waals surface area contributed by atoms with Crippen molar-refractivity contribution in [2.24, 2.45) is 0 Å². The molecule has 0 heterocycles. The third-order valence-corrected chi connectivity index (χ3v) is 3.03. The SMILES string of the molecule is CS(=O)(=O)Nc1ccc([N+](=O)[O-])cc1Oc1ccccc1.[H-].[K+]. The zero-order valence-corrected chi connectivity index (χ0v) is 16.0. The molecule has 0 radical (unpaired) electrons. The number of rotatable bonds is 5. The van der Waals surface area contributed by atoms with Gasteiger partial charge in [-0.15, -0.1) is 0 Å². The fraction of sp³-hybridized carbons (Fsp3) is 0.0769. The maximum Gasteiger partial charge on any atom is 1.00 e. The Labute approximate surface area is 171 Å². The average molecular weight is 348 g/mol. The van der Waals surface area contributed by atoms with Crippen LogP contribution in [-0.2, 0) is 10.0 Å². The molecule has 0 saturated carbocycles. The minimum absolute atomic E-state index is 0. The summed E-state index contributed by atoms with van der Waals surface area (Å²) in [5.41, 5.74) is -0.0630. The summed E-state index contributed by atoms with van der Waals surface area (Å²) in [5.74, 6) is 0.496. The van der Waals surface area contributed by atoms with E-state index in [-0.39, 0.29) is 69.9 Å². The first-order chi connectivity index (χ1) is 9.85. The second-order valence-electron chi connectivity index (χ2n) is 4.23. The molecule has 0 atom stereocenters. The fourth-order valence-electron chi connectivity index (χ4n) is 1.61. The number of sulfonamides is 1. The summed E-state index contributed by atoms with van der Waals surface area (Å²) in [6.07, 6.45) is 0.987. The number of nitro benzene ring substituents is 1. The van der Waals surface area contributed by atoms with Gasteiger partial charge in [0.25, 0.3) is 5.69 Å². The second kappa shape index (κ2) is 8.04. The molecule has 0 unspecified atom stereocenters. The molecule has 0 amide bonds. The van der Waals surface area contributed by atoms with Crippen LogP contribution >= 0.6 is 0 Å². The van der Waals surface area contributed by atoms with Crippen LogP contribution in [0.2, 0.25) is 0 Å². The van der Waals surface area contributed by atoms with Gasteiger partial charge in [-0.05, 0) is 18.2 Å². The summed E-state index contributed by atoms with van der Waals surface area (Å²) in [5, 5.41) is 10.8. The number of nitrogens with one attached hydrogen (secondary N) is 1. The third-order valence-electron chi connectivity index (χ3n) is 2.44. The van der Waals surface area contributed by atoms with E-state index in [1.165, 1.54) is 18.2 Å². The Morgan fingerprint density at radius 1 is 1.18 bits per heavy atom. The van der Waals surface area contributed by atoms with E-state index in [1.54, 1.807) is 30.3 Å². The van der Waals surface area contributed by atoms with Gasteiger partial charge >= 0.3 is 51.4 Å². The van der Waals surface area contributed by atoms with E-state index in [0.717, 1.165) is 6.26 Å². The second-order valence-corrected chi connectivity index (χ2v) is 5.98. The van der Waals surface area contributed by atoms with Crippen LogP contribution < -0.4 is 60.8 Å². The van der Waals surface area contributed by atoms with Gasteiger partial charge in [-0.3, -0.25) is 14.8 Å². The molecule has 0 bridgehead atoms. The molecular weight excluding hydrogens is 335 g/mol. The van der Waals surface area contributed by atoms with Crippen LogP contribution in [0.25, 0.3) is 0 Å². The summed E-state index contributed by atoms with van der Waals surface area (Å²) in [6, 6.07) is 12.2. The Morgan fingerprint density at radius 2 is 1.82 bits per heavy atom. The molecule has 0 fully saturated rings. The molecule has 0 aromatic heterocycles. The Morgan fingerprint density at radius 3 is 2.36 bits per heavy atom. The van der Waals surface area contributed by atoms with E-state index in [4.69, 9.17) is 4.74 Å². The minimum Gasteiger partial charge on any atom is -1.00 e. The number of anilines is 1. The number of nitrogens with zero attached hydrogens (tertiary/aromatic N) is 1. The smallest absolute Gasteiger partial charge is 1.00 e. The molecule has 9 heteroatoms. The first-order valence-electron chi connectivity index (χ1n) is 5.84. The number of para-hydroxylation sites is 1. The molecule has 2 aromatic rings. The number of hydrogen-bond donors (Lipinski definition) is 1. The summed E-state index contributed by atoms with van der Waals surface area (Å²) in [7, 11) is -3.52. The predicted molar refractivity (Wildman–Crippen MR) is 79.2 cm³/mol. The van der Waals surface area contributed by atoms with Crippen molar-refractivity contribution >= 4 is 21.4 Å². The quantitative estimate of drug-likeness (QED) is 0.461. The molecule has 22 heavy (non-hydrogen) atoms. The van der Waals surface area contributed by atoms with E-state index in [2.05, 4.69) is 4.72 Å². The first-order valence-corrected chi connectivity index (χ1v) is 7.73. The van der Waals surface area contributed by atoms with Gasteiger partial charge in [-0.1, -0.05) is 18.2 Å². The molecule has 0 spiro atoms. The van der Waals surface area contributed by atoms with Crippen LogP contribution in [-0.4, -0.2) is 19.6 Å². The summed E-state index contributed by atoms with van der Waals surface area (Å²) >= 11 is 0. The maximum atomic E-state index is 11.3. The van der Waals surface area contributed by atoms with Gasteiger partial charge in [0.1, 0.15) is 5.75 Å². The Balaban J connectivity index is 0.00000242. The van der Waals surface area contributed by atoms with Crippen molar-refractivity contribution in [2.45, 2.75) is 0 Å². The monoisotopic (exact) mass is 348 g/mol. The van der Waals surface area contributed by atoms with Gasteiger partial charge in [-0.2, -0.15) is 0 Å². The topological polar surface area (TPSA) is 98.5 Å². The largest absolute Gasteiger partial charge is 1.00 e. The molecule has 0 aliphatic rings. The van der Waals surface area contributed by atoms with Crippen molar-refractivity contribution in [3.8, 4) is 11.5 Å². The van der Waals surface area contributed by atoms with E-state index in [1.807, 2.05) is 0 Å². The molecule has 0 saturated heterocycles. The standard InChI is InChI=1S/C13H12N2O5S.K.H/c1-21(18,19)14-12-8-7-10(15(16)17)9-13(12)20-11-5-3-2-4-6-11;;/h2-9,14H,1H3;;/q;+1;-1. The molecule has 2 rings (SSSR count). The van der Waals surface area contributed by atoms with E-state index in [9.17, 15) is 18.5 Å². The maximum absolute atomic E-state index is 11.3. The number of benzene rings is 2. The van der Waals surface area contributed by atoms with Crippen molar-refractivity contribution in [1.29, 1.82) is 0 Å². The van der Waals surface area contributed by atoms with Crippen molar-refractivity contribution in [3.63, 3.8) is 0 Å². The molecule has 112 valence electrons. The normalized spacial score (nSPS) is 10.4. The molecule has 7 nitrogen and oxygen atoms in total. The summed E-state index contributed by atoms with van der Waals surface area (Å²) in [6.45, 7) is 0.